The Hall–Kier alpha value is -0.310. The summed E-state index contributed by atoms with van der Waals surface area (Å²) in [5.41, 5.74) is 5.18. The van der Waals surface area contributed by atoms with E-state index < -0.39 is 0 Å². The number of alkyl halides is 1. The van der Waals surface area contributed by atoms with Gasteiger partial charge < -0.3 is 0 Å². The van der Waals surface area contributed by atoms with Gasteiger partial charge in [0.1, 0.15) is 0 Å². The van der Waals surface area contributed by atoms with Crippen molar-refractivity contribution in [1.82, 2.24) is 0 Å². The SMILES string of the molecule is CCc1ccc(C(Br)c2cccc(Br)c2Cl)cc1CC. The van der Waals surface area contributed by atoms with Crippen LogP contribution in [0.25, 0.3) is 0 Å². The van der Waals surface area contributed by atoms with Gasteiger partial charge in [-0.25, -0.2) is 0 Å². The Morgan fingerprint density at radius 1 is 1.05 bits per heavy atom. The highest BCUT2D eigenvalue weighted by Crippen LogP contribution is 2.38. The third-order valence-corrected chi connectivity index (χ3v) is 5.87. The van der Waals surface area contributed by atoms with Gasteiger partial charge in [-0.1, -0.05) is 71.7 Å². The number of rotatable bonds is 4. The van der Waals surface area contributed by atoms with E-state index in [0.717, 1.165) is 27.9 Å². The van der Waals surface area contributed by atoms with E-state index in [1.165, 1.54) is 16.7 Å². The lowest BCUT2D eigenvalue weighted by Crippen LogP contribution is -1.98. The van der Waals surface area contributed by atoms with E-state index in [4.69, 9.17) is 11.6 Å². The molecule has 106 valence electrons. The van der Waals surface area contributed by atoms with Crippen LogP contribution in [0.4, 0.5) is 0 Å². The van der Waals surface area contributed by atoms with E-state index in [-0.39, 0.29) is 4.83 Å². The van der Waals surface area contributed by atoms with E-state index in [0.29, 0.717) is 0 Å². The topological polar surface area (TPSA) is 0 Å². The molecule has 0 bridgehead atoms. The molecule has 2 aromatic carbocycles. The van der Waals surface area contributed by atoms with Crippen molar-refractivity contribution in [3.8, 4) is 0 Å². The second-order valence-corrected chi connectivity index (χ2v) is 6.89. The number of hydrogen-bond donors (Lipinski definition) is 0. The van der Waals surface area contributed by atoms with Gasteiger partial charge in [-0.05, 0) is 57.1 Å². The third-order valence-electron chi connectivity index (χ3n) is 3.54. The maximum atomic E-state index is 6.39. The van der Waals surface area contributed by atoms with Gasteiger partial charge in [-0.2, -0.15) is 0 Å². The van der Waals surface area contributed by atoms with Crippen LogP contribution in [0, 0.1) is 0 Å². The second kappa shape index (κ2) is 7.11. The molecule has 0 aromatic heterocycles. The molecule has 0 saturated carbocycles. The van der Waals surface area contributed by atoms with Crippen molar-refractivity contribution in [2.24, 2.45) is 0 Å². The van der Waals surface area contributed by atoms with Crippen molar-refractivity contribution >= 4 is 43.5 Å². The van der Waals surface area contributed by atoms with Crippen LogP contribution in [0.15, 0.2) is 40.9 Å². The third kappa shape index (κ3) is 3.29. The van der Waals surface area contributed by atoms with Crippen molar-refractivity contribution in [1.29, 1.82) is 0 Å². The van der Waals surface area contributed by atoms with Gasteiger partial charge in [0.25, 0.3) is 0 Å². The fraction of sp³-hybridized carbons (Fsp3) is 0.294. The van der Waals surface area contributed by atoms with E-state index in [9.17, 15) is 0 Å². The Morgan fingerprint density at radius 3 is 2.40 bits per heavy atom. The van der Waals surface area contributed by atoms with E-state index in [1.807, 2.05) is 12.1 Å². The number of benzene rings is 2. The van der Waals surface area contributed by atoms with Gasteiger partial charge in [0, 0.05) is 4.47 Å². The average Bonchev–Trinajstić information content (AvgIpc) is 2.48. The molecule has 0 saturated heterocycles. The number of hydrogen-bond acceptors (Lipinski definition) is 0. The summed E-state index contributed by atoms with van der Waals surface area (Å²) in [4.78, 5) is 0.115. The molecule has 0 heterocycles. The van der Waals surface area contributed by atoms with Crippen LogP contribution in [0.3, 0.4) is 0 Å². The minimum Gasteiger partial charge on any atom is -0.0827 e. The maximum Gasteiger partial charge on any atom is 0.0659 e. The molecule has 0 N–H and O–H groups in total. The van der Waals surface area contributed by atoms with Crippen molar-refractivity contribution < 1.29 is 0 Å². The Labute approximate surface area is 142 Å². The van der Waals surface area contributed by atoms with Gasteiger partial charge in [0.05, 0.1) is 9.85 Å². The fourth-order valence-electron chi connectivity index (χ4n) is 2.37. The standard InChI is InChI=1S/C17H17Br2Cl/c1-3-11-8-9-13(10-12(11)4-2)16(19)14-6-5-7-15(18)17(14)20/h5-10,16H,3-4H2,1-2H3. The zero-order valence-corrected chi connectivity index (χ0v) is 15.5. The normalized spacial score (nSPS) is 12.4. The summed E-state index contributed by atoms with van der Waals surface area (Å²) >= 11 is 13.7. The van der Waals surface area contributed by atoms with Crippen LogP contribution in [0.1, 0.15) is 40.9 Å². The average molecular weight is 417 g/mol. The Bertz CT molecular complexity index is 608. The lowest BCUT2D eigenvalue weighted by atomic mass is 9.96. The Morgan fingerprint density at radius 2 is 1.75 bits per heavy atom. The molecule has 1 unspecified atom stereocenters. The molecule has 0 radical (unpaired) electrons. The second-order valence-electron chi connectivity index (χ2n) is 4.74. The summed E-state index contributed by atoms with van der Waals surface area (Å²) in [5, 5.41) is 0.770. The molecular weight excluding hydrogens is 399 g/mol. The number of aryl methyl sites for hydroxylation is 2. The van der Waals surface area contributed by atoms with Gasteiger partial charge in [-0.15, -0.1) is 0 Å². The first-order valence-electron chi connectivity index (χ1n) is 6.78. The monoisotopic (exact) mass is 414 g/mol. The predicted molar refractivity (Wildman–Crippen MR) is 95.1 cm³/mol. The largest absolute Gasteiger partial charge is 0.0827 e. The van der Waals surface area contributed by atoms with E-state index >= 15 is 0 Å². The summed E-state index contributed by atoms with van der Waals surface area (Å²) in [6, 6.07) is 12.7. The van der Waals surface area contributed by atoms with Crippen LogP contribution in [-0.4, -0.2) is 0 Å². The Balaban J connectivity index is 2.43. The predicted octanol–water partition coefficient (Wildman–Crippen LogP) is 6.71. The highest BCUT2D eigenvalue weighted by molar-refractivity contribution is 9.10. The lowest BCUT2D eigenvalue weighted by Gasteiger charge is -2.16. The van der Waals surface area contributed by atoms with E-state index in [1.54, 1.807) is 0 Å². The van der Waals surface area contributed by atoms with Crippen molar-refractivity contribution in [3.05, 3.63) is 68.1 Å². The smallest absolute Gasteiger partial charge is 0.0659 e. The zero-order chi connectivity index (χ0) is 14.7. The van der Waals surface area contributed by atoms with Crippen LogP contribution < -0.4 is 0 Å². The summed E-state index contributed by atoms with van der Waals surface area (Å²) < 4.78 is 0.932. The van der Waals surface area contributed by atoms with Gasteiger partial charge in [0.2, 0.25) is 0 Å². The van der Waals surface area contributed by atoms with Crippen LogP contribution >= 0.6 is 43.5 Å². The fourth-order valence-corrected chi connectivity index (χ4v) is 3.79. The molecule has 0 fully saturated rings. The zero-order valence-electron chi connectivity index (χ0n) is 11.6. The molecular formula is C17H17Br2Cl. The van der Waals surface area contributed by atoms with Crippen molar-refractivity contribution in [3.63, 3.8) is 0 Å². The summed E-state index contributed by atoms with van der Waals surface area (Å²) in [6.07, 6.45) is 2.14. The quantitative estimate of drug-likeness (QED) is 0.486. The molecule has 0 aliphatic heterocycles. The number of halogens is 3. The lowest BCUT2D eigenvalue weighted by molar-refractivity contribution is 1.02. The minimum atomic E-state index is 0.115. The first-order valence-corrected chi connectivity index (χ1v) is 8.86. The van der Waals surface area contributed by atoms with Crippen molar-refractivity contribution in [2.45, 2.75) is 31.5 Å². The molecule has 1 atom stereocenters. The minimum absolute atomic E-state index is 0.115. The molecule has 0 nitrogen and oxygen atoms in total. The van der Waals surface area contributed by atoms with Gasteiger partial charge in [-0.3, -0.25) is 0 Å². The summed E-state index contributed by atoms with van der Waals surface area (Å²) in [6.45, 7) is 4.40. The molecule has 3 heteroatoms. The molecule has 0 aliphatic carbocycles. The van der Waals surface area contributed by atoms with E-state index in [2.05, 4.69) is 70.0 Å². The Kier molecular flexibility index (Phi) is 5.71. The van der Waals surface area contributed by atoms with Crippen LogP contribution in [0.5, 0.6) is 0 Å². The molecule has 0 aliphatic rings. The summed E-state index contributed by atoms with van der Waals surface area (Å²) in [5.74, 6) is 0. The maximum absolute atomic E-state index is 6.39. The van der Waals surface area contributed by atoms with Crippen LogP contribution in [0.2, 0.25) is 5.02 Å². The van der Waals surface area contributed by atoms with Crippen LogP contribution in [-0.2, 0) is 12.8 Å². The molecule has 0 spiro atoms. The first-order chi connectivity index (χ1) is 9.58. The van der Waals surface area contributed by atoms with Crippen molar-refractivity contribution in [2.75, 3.05) is 0 Å². The van der Waals surface area contributed by atoms with Gasteiger partial charge >= 0.3 is 0 Å². The molecule has 0 amide bonds. The molecule has 2 rings (SSSR count). The summed E-state index contributed by atoms with van der Waals surface area (Å²) in [7, 11) is 0. The first kappa shape index (κ1) is 16.1. The highest BCUT2D eigenvalue weighted by atomic mass is 79.9. The highest BCUT2D eigenvalue weighted by Gasteiger charge is 2.16. The molecule has 2 aromatic rings. The molecule has 20 heavy (non-hydrogen) atoms. The van der Waals surface area contributed by atoms with Gasteiger partial charge in [0.15, 0.2) is 0 Å².